The molecule has 26 heavy (non-hydrogen) atoms. The van der Waals surface area contributed by atoms with Crippen molar-refractivity contribution in [2.24, 2.45) is 0 Å². The third-order valence-corrected chi connectivity index (χ3v) is 5.44. The molecule has 2 amide bonds. The number of anilines is 2. The summed E-state index contributed by atoms with van der Waals surface area (Å²) in [6.45, 7) is 3.12. The Morgan fingerprint density at radius 1 is 1.08 bits per heavy atom. The van der Waals surface area contributed by atoms with Crippen LogP contribution in [-0.2, 0) is 9.59 Å². The molecule has 2 aliphatic rings. The second-order valence-electron chi connectivity index (χ2n) is 6.50. The van der Waals surface area contributed by atoms with E-state index in [0.717, 1.165) is 41.5 Å². The molecule has 1 unspecified atom stereocenters. The van der Waals surface area contributed by atoms with E-state index >= 15 is 0 Å². The van der Waals surface area contributed by atoms with E-state index in [1.165, 1.54) is 4.90 Å². The van der Waals surface area contributed by atoms with Gasteiger partial charge in [-0.3, -0.25) is 9.59 Å². The average Bonchev–Trinajstić information content (AvgIpc) is 2.97. The summed E-state index contributed by atoms with van der Waals surface area (Å²) in [5.41, 5.74) is 0.632. The molecule has 1 N–H and O–H groups in total. The molecule has 2 fully saturated rings. The van der Waals surface area contributed by atoms with E-state index in [1.807, 2.05) is 12.1 Å². The van der Waals surface area contributed by atoms with E-state index in [9.17, 15) is 9.59 Å². The molecule has 7 nitrogen and oxygen atoms in total. The second kappa shape index (κ2) is 7.13. The number of quaternary nitrogens is 1. The summed E-state index contributed by atoms with van der Waals surface area (Å²) in [7, 11) is 0. The van der Waals surface area contributed by atoms with Gasteiger partial charge in [0.05, 0.1) is 38.3 Å². The number of rotatable bonds is 3. The highest BCUT2D eigenvalue weighted by molar-refractivity contribution is 9.10. The summed E-state index contributed by atoms with van der Waals surface area (Å²) in [5, 5.41) is 0. The van der Waals surface area contributed by atoms with Crippen LogP contribution in [0.2, 0.25) is 0 Å². The van der Waals surface area contributed by atoms with Crippen LogP contribution in [0, 0.1) is 0 Å². The lowest BCUT2D eigenvalue weighted by molar-refractivity contribution is -0.915. The Labute approximate surface area is 159 Å². The number of amides is 2. The zero-order chi connectivity index (χ0) is 18.1. The van der Waals surface area contributed by atoms with Crippen LogP contribution in [0.15, 0.2) is 47.2 Å². The highest BCUT2D eigenvalue weighted by Crippen LogP contribution is 2.25. The van der Waals surface area contributed by atoms with E-state index in [4.69, 9.17) is 0 Å². The predicted molar refractivity (Wildman–Crippen MR) is 100.0 cm³/mol. The molecule has 1 aromatic heterocycles. The summed E-state index contributed by atoms with van der Waals surface area (Å²) in [6.07, 6.45) is 3.73. The third kappa shape index (κ3) is 3.22. The molecule has 4 rings (SSSR count). The van der Waals surface area contributed by atoms with Crippen molar-refractivity contribution in [3.63, 3.8) is 0 Å². The Bertz CT molecular complexity index is 823. The summed E-state index contributed by atoms with van der Waals surface area (Å²) < 4.78 is 0.850. The maximum atomic E-state index is 12.9. The largest absolute Gasteiger partial charge is 0.330 e. The van der Waals surface area contributed by atoms with E-state index < -0.39 is 0 Å². The number of carbonyl (C=O) groups is 2. The number of carbonyl (C=O) groups excluding carboxylic acids is 2. The van der Waals surface area contributed by atoms with Crippen LogP contribution in [0.1, 0.15) is 6.42 Å². The molecule has 2 aliphatic heterocycles. The van der Waals surface area contributed by atoms with Crippen LogP contribution >= 0.6 is 15.9 Å². The zero-order valence-corrected chi connectivity index (χ0v) is 15.7. The van der Waals surface area contributed by atoms with Crippen LogP contribution in [0.3, 0.4) is 0 Å². The minimum Gasteiger partial charge on any atom is -0.330 e. The van der Waals surface area contributed by atoms with Gasteiger partial charge in [-0.1, -0.05) is 22.0 Å². The average molecular weight is 417 g/mol. The van der Waals surface area contributed by atoms with Crippen molar-refractivity contribution in [3.8, 4) is 0 Å². The first-order valence-electron chi connectivity index (χ1n) is 8.62. The van der Waals surface area contributed by atoms with Crippen LogP contribution < -0.4 is 14.7 Å². The molecule has 0 aliphatic carbocycles. The molecular weight excluding hydrogens is 398 g/mol. The molecular formula is C18H19BrN5O2+. The lowest BCUT2D eigenvalue weighted by Crippen LogP contribution is -3.19. The van der Waals surface area contributed by atoms with E-state index in [1.54, 1.807) is 30.6 Å². The van der Waals surface area contributed by atoms with Crippen molar-refractivity contribution in [3.05, 3.63) is 47.2 Å². The Morgan fingerprint density at radius 3 is 2.50 bits per heavy atom. The normalized spacial score (nSPS) is 21.5. The summed E-state index contributed by atoms with van der Waals surface area (Å²) in [5.74, 6) is 0.489. The predicted octanol–water partition coefficient (Wildman–Crippen LogP) is 0.276. The summed E-state index contributed by atoms with van der Waals surface area (Å²) in [4.78, 5) is 38.6. The van der Waals surface area contributed by atoms with Crippen LogP contribution in [0.25, 0.3) is 0 Å². The van der Waals surface area contributed by atoms with Gasteiger partial charge in [0.25, 0.3) is 5.91 Å². The number of halogens is 1. The number of benzene rings is 1. The van der Waals surface area contributed by atoms with Gasteiger partial charge >= 0.3 is 0 Å². The second-order valence-corrected chi connectivity index (χ2v) is 7.41. The fourth-order valence-corrected chi connectivity index (χ4v) is 4.02. The molecule has 1 atom stereocenters. The monoisotopic (exact) mass is 416 g/mol. The van der Waals surface area contributed by atoms with E-state index in [0.29, 0.717) is 5.69 Å². The molecule has 0 bridgehead atoms. The van der Waals surface area contributed by atoms with Gasteiger partial charge < -0.3 is 9.80 Å². The standard InChI is InChI=1S/C18H18BrN5O2/c19-13-3-1-4-14(11-13)24-16(25)12-15(17(24)26)22-7-9-23(10-8-22)18-20-5-2-6-21-18/h1-6,11,15H,7-10,12H2/p+1. The molecule has 0 spiro atoms. The van der Waals surface area contributed by atoms with Crippen molar-refractivity contribution >= 4 is 39.4 Å². The number of nitrogens with one attached hydrogen (secondary N) is 1. The smallest absolute Gasteiger partial charge is 0.292 e. The third-order valence-electron chi connectivity index (χ3n) is 4.95. The van der Waals surface area contributed by atoms with Crippen molar-refractivity contribution < 1.29 is 14.5 Å². The van der Waals surface area contributed by atoms with Gasteiger partial charge in [-0.25, -0.2) is 14.9 Å². The maximum Gasteiger partial charge on any atom is 0.292 e. The van der Waals surface area contributed by atoms with Crippen molar-refractivity contribution in [1.82, 2.24) is 9.97 Å². The first-order chi connectivity index (χ1) is 12.6. The van der Waals surface area contributed by atoms with Gasteiger partial charge in [-0.05, 0) is 24.3 Å². The number of hydrogen-bond donors (Lipinski definition) is 1. The number of imide groups is 1. The van der Waals surface area contributed by atoms with E-state index in [2.05, 4.69) is 30.8 Å². The fraction of sp³-hybridized carbons (Fsp3) is 0.333. The lowest BCUT2D eigenvalue weighted by Gasteiger charge is -2.34. The molecule has 2 aromatic rings. The fourth-order valence-electron chi connectivity index (χ4n) is 3.63. The molecule has 0 radical (unpaired) electrons. The van der Waals surface area contributed by atoms with Crippen molar-refractivity contribution in [2.45, 2.75) is 12.5 Å². The molecule has 1 aromatic carbocycles. The van der Waals surface area contributed by atoms with Crippen LogP contribution in [0.4, 0.5) is 11.6 Å². The minimum atomic E-state index is -0.305. The molecule has 134 valence electrons. The highest BCUT2D eigenvalue weighted by atomic mass is 79.9. The van der Waals surface area contributed by atoms with Gasteiger partial charge in [0.1, 0.15) is 0 Å². The zero-order valence-electron chi connectivity index (χ0n) is 14.1. The van der Waals surface area contributed by atoms with Crippen LogP contribution in [0.5, 0.6) is 0 Å². The van der Waals surface area contributed by atoms with Gasteiger partial charge in [0.15, 0.2) is 6.04 Å². The Hall–Kier alpha value is -2.32. The Kier molecular flexibility index (Phi) is 4.69. The molecule has 0 saturated carbocycles. The number of nitrogens with zero attached hydrogens (tertiary/aromatic N) is 4. The van der Waals surface area contributed by atoms with Crippen molar-refractivity contribution in [2.75, 3.05) is 36.0 Å². The molecule has 8 heteroatoms. The van der Waals surface area contributed by atoms with Crippen molar-refractivity contribution in [1.29, 1.82) is 0 Å². The lowest BCUT2D eigenvalue weighted by atomic mass is 10.2. The quantitative estimate of drug-likeness (QED) is 0.727. The SMILES string of the molecule is O=C1CC([NH+]2CCN(c3ncccn3)CC2)C(=O)N1c1cccc(Br)c1. The van der Waals surface area contributed by atoms with Gasteiger partial charge in [0.2, 0.25) is 11.9 Å². The first kappa shape index (κ1) is 17.1. The van der Waals surface area contributed by atoms with Crippen LogP contribution in [-0.4, -0.2) is 54.0 Å². The van der Waals surface area contributed by atoms with Gasteiger partial charge in [0, 0.05) is 16.9 Å². The molecule has 2 saturated heterocycles. The molecule has 3 heterocycles. The Morgan fingerprint density at radius 2 is 1.81 bits per heavy atom. The first-order valence-corrected chi connectivity index (χ1v) is 9.42. The maximum absolute atomic E-state index is 12.9. The number of aromatic nitrogens is 2. The number of hydrogen-bond acceptors (Lipinski definition) is 5. The number of piperazine rings is 1. The summed E-state index contributed by atoms with van der Waals surface area (Å²) >= 11 is 3.40. The minimum absolute atomic E-state index is 0.104. The highest BCUT2D eigenvalue weighted by Gasteiger charge is 2.46. The van der Waals surface area contributed by atoms with Gasteiger partial charge in [-0.15, -0.1) is 0 Å². The van der Waals surface area contributed by atoms with Gasteiger partial charge in [-0.2, -0.15) is 0 Å². The topological polar surface area (TPSA) is 70.8 Å². The Balaban J connectivity index is 1.45. The summed E-state index contributed by atoms with van der Waals surface area (Å²) in [6, 6.07) is 8.80. The van der Waals surface area contributed by atoms with E-state index in [-0.39, 0.29) is 24.3 Å².